The number of hydrogen-bond acceptors (Lipinski definition) is 5. The van der Waals surface area contributed by atoms with Gasteiger partial charge in [0, 0.05) is 34.9 Å². The lowest BCUT2D eigenvalue weighted by Crippen LogP contribution is -2.36. The van der Waals surface area contributed by atoms with Gasteiger partial charge in [0.05, 0.1) is 25.7 Å². The van der Waals surface area contributed by atoms with Gasteiger partial charge in [0.15, 0.2) is 5.78 Å². The normalized spacial score (nSPS) is 20.8. The van der Waals surface area contributed by atoms with E-state index in [1.165, 1.54) is 13.2 Å². The zero-order valence-electron chi connectivity index (χ0n) is 17.7. The minimum atomic E-state index is -0.809. The lowest BCUT2D eigenvalue weighted by atomic mass is 9.71. The number of Topliss-reactive ketones (excluding diaryl/α,β-unsaturated/α-hetero) is 1. The maximum Gasteiger partial charge on any atom is 0.336 e. The van der Waals surface area contributed by atoms with Gasteiger partial charge in [0.2, 0.25) is 0 Å². The van der Waals surface area contributed by atoms with Gasteiger partial charge < -0.3 is 14.8 Å². The van der Waals surface area contributed by atoms with Crippen LogP contribution < -0.4 is 10.1 Å². The van der Waals surface area contributed by atoms with E-state index in [-0.39, 0.29) is 23.7 Å². The summed E-state index contributed by atoms with van der Waals surface area (Å²) in [6.07, 6.45) is 0.803. The van der Waals surface area contributed by atoms with Crippen LogP contribution in [-0.4, -0.2) is 26.0 Å². The number of allylic oxidation sites excluding steroid dienone is 3. The summed E-state index contributed by atoms with van der Waals surface area (Å²) in [5.41, 5.74) is 3.21. The number of carbonyl (C=O) groups excluding carboxylic acids is 2. The Morgan fingerprint density at radius 3 is 2.39 bits per heavy atom. The molecular weight excluding hydrogens is 397 g/mol. The molecule has 0 amide bonds. The monoisotopic (exact) mass is 421 g/mol. The fraction of sp³-hybridized carbons (Fsp3) is 0.280. The van der Waals surface area contributed by atoms with Gasteiger partial charge in [-0.05, 0) is 31.0 Å². The summed E-state index contributed by atoms with van der Waals surface area (Å²) in [7, 11) is 2.89. The minimum Gasteiger partial charge on any atom is -0.496 e. The van der Waals surface area contributed by atoms with Crippen LogP contribution in [0.2, 0.25) is 0 Å². The van der Waals surface area contributed by atoms with Crippen LogP contribution in [-0.2, 0) is 14.3 Å². The number of halogens is 1. The number of esters is 1. The number of hydrogen-bond donors (Lipinski definition) is 1. The molecule has 1 N–H and O–H groups in total. The molecule has 2 aromatic rings. The molecule has 2 aromatic carbocycles. The van der Waals surface area contributed by atoms with Gasteiger partial charge in [-0.15, -0.1) is 0 Å². The standard InChI is InChI=1S/C25H24FNO4/c1-14-22(25(29)31-3)23(17-9-4-6-10-18(17)26)24-19(27-14)12-15(13-20(24)28)16-8-5-7-11-21(16)30-2/h4-11,15,23,27H,12-13H2,1-3H3/t15-,23+/m1/s1. The molecule has 2 atom stereocenters. The molecule has 0 aromatic heterocycles. The molecule has 0 spiro atoms. The SMILES string of the molecule is COC(=O)C1=C(C)NC2=C(C(=O)C[C@H](c3ccccc3OC)C2)[C@H]1c1ccccc1F. The third kappa shape index (κ3) is 3.63. The number of nitrogens with one attached hydrogen (secondary N) is 1. The molecule has 1 heterocycles. The summed E-state index contributed by atoms with van der Waals surface area (Å²) < 4.78 is 25.3. The number of benzene rings is 2. The van der Waals surface area contributed by atoms with E-state index in [0.29, 0.717) is 29.0 Å². The van der Waals surface area contributed by atoms with Crippen molar-refractivity contribution in [2.75, 3.05) is 14.2 Å². The first-order valence-corrected chi connectivity index (χ1v) is 10.2. The van der Waals surface area contributed by atoms with Crippen molar-refractivity contribution in [3.8, 4) is 5.75 Å². The highest BCUT2D eigenvalue weighted by molar-refractivity contribution is 6.04. The molecular formula is C25H24FNO4. The molecule has 6 heteroatoms. The van der Waals surface area contributed by atoms with E-state index < -0.39 is 17.7 Å². The quantitative estimate of drug-likeness (QED) is 0.743. The molecule has 0 radical (unpaired) electrons. The van der Waals surface area contributed by atoms with Gasteiger partial charge in [-0.1, -0.05) is 36.4 Å². The van der Waals surface area contributed by atoms with Crippen molar-refractivity contribution in [2.24, 2.45) is 0 Å². The Balaban J connectivity index is 1.84. The second-order valence-electron chi connectivity index (χ2n) is 7.77. The summed E-state index contributed by atoms with van der Waals surface area (Å²) in [5.74, 6) is -1.32. The molecule has 1 aliphatic heterocycles. The van der Waals surface area contributed by atoms with Gasteiger partial charge >= 0.3 is 5.97 Å². The van der Waals surface area contributed by atoms with Crippen LogP contribution in [0.3, 0.4) is 0 Å². The highest BCUT2D eigenvalue weighted by Gasteiger charge is 2.42. The minimum absolute atomic E-state index is 0.0800. The molecule has 4 rings (SSSR count). The number of dihydropyridines is 1. The Labute approximate surface area is 180 Å². The molecule has 0 saturated carbocycles. The molecule has 5 nitrogen and oxygen atoms in total. The van der Waals surface area contributed by atoms with Crippen molar-refractivity contribution < 1.29 is 23.5 Å². The Hall–Kier alpha value is -3.41. The number of ether oxygens (including phenoxy) is 2. The van der Waals surface area contributed by atoms with E-state index in [9.17, 15) is 14.0 Å². The molecule has 0 saturated heterocycles. The molecule has 0 bridgehead atoms. The second-order valence-corrected chi connectivity index (χ2v) is 7.77. The van der Waals surface area contributed by atoms with Crippen molar-refractivity contribution in [3.63, 3.8) is 0 Å². The molecule has 0 unspecified atom stereocenters. The highest BCUT2D eigenvalue weighted by Crippen LogP contribution is 2.47. The molecule has 31 heavy (non-hydrogen) atoms. The number of carbonyl (C=O) groups is 2. The maximum absolute atomic E-state index is 14.8. The van der Waals surface area contributed by atoms with Gasteiger partial charge in [-0.2, -0.15) is 0 Å². The number of ketones is 1. The predicted octanol–water partition coefficient (Wildman–Crippen LogP) is 4.37. The topological polar surface area (TPSA) is 64.6 Å². The first kappa shape index (κ1) is 20.8. The van der Waals surface area contributed by atoms with E-state index in [4.69, 9.17) is 9.47 Å². The fourth-order valence-electron chi connectivity index (χ4n) is 4.66. The Morgan fingerprint density at radius 1 is 1.03 bits per heavy atom. The van der Waals surface area contributed by atoms with Gasteiger partial charge in [0.25, 0.3) is 0 Å². The van der Waals surface area contributed by atoms with Crippen LogP contribution in [0.25, 0.3) is 0 Å². The van der Waals surface area contributed by atoms with Crippen LogP contribution in [0.4, 0.5) is 4.39 Å². The van der Waals surface area contributed by atoms with Crippen LogP contribution in [0.15, 0.2) is 71.1 Å². The lowest BCUT2D eigenvalue weighted by Gasteiger charge is -2.36. The zero-order valence-corrected chi connectivity index (χ0v) is 17.7. The number of para-hydroxylation sites is 1. The van der Waals surface area contributed by atoms with Gasteiger partial charge in [-0.3, -0.25) is 4.79 Å². The van der Waals surface area contributed by atoms with Crippen LogP contribution in [0.5, 0.6) is 5.75 Å². The van der Waals surface area contributed by atoms with Gasteiger partial charge in [0.1, 0.15) is 11.6 Å². The zero-order chi connectivity index (χ0) is 22.1. The van der Waals surface area contributed by atoms with Crippen molar-refractivity contribution in [3.05, 3.63) is 88.0 Å². The van der Waals surface area contributed by atoms with Crippen molar-refractivity contribution in [1.29, 1.82) is 0 Å². The average molecular weight is 421 g/mol. The second kappa shape index (κ2) is 8.38. The summed E-state index contributed by atoms with van der Waals surface area (Å²) in [4.78, 5) is 26.1. The summed E-state index contributed by atoms with van der Waals surface area (Å²) in [6.45, 7) is 1.75. The first-order chi connectivity index (χ1) is 15.0. The lowest BCUT2D eigenvalue weighted by molar-refractivity contribution is -0.136. The average Bonchev–Trinajstić information content (AvgIpc) is 2.78. The largest absolute Gasteiger partial charge is 0.496 e. The van der Waals surface area contributed by atoms with Crippen molar-refractivity contribution in [1.82, 2.24) is 5.32 Å². The number of rotatable bonds is 4. The smallest absolute Gasteiger partial charge is 0.336 e. The summed E-state index contributed by atoms with van der Waals surface area (Å²) >= 11 is 0. The Morgan fingerprint density at radius 2 is 1.71 bits per heavy atom. The van der Waals surface area contributed by atoms with Crippen LogP contribution in [0.1, 0.15) is 42.7 Å². The van der Waals surface area contributed by atoms with Crippen LogP contribution in [0, 0.1) is 5.82 Å². The third-order valence-corrected chi connectivity index (χ3v) is 6.03. The Kier molecular flexibility index (Phi) is 5.63. The molecule has 0 fully saturated rings. The van der Waals surface area contributed by atoms with E-state index >= 15 is 0 Å². The third-order valence-electron chi connectivity index (χ3n) is 6.03. The number of methoxy groups -OCH3 is 2. The maximum atomic E-state index is 14.8. The van der Waals surface area contributed by atoms with Crippen LogP contribution >= 0.6 is 0 Å². The molecule has 160 valence electrons. The van der Waals surface area contributed by atoms with Crippen molar-refractivity contribution >= 4 is 11.8 Å². The fourth-order valence-corrected chi connectivity index (χ4v) is 4.66. The van der Waals surface area contributed by atoms with E-state index in [0.717, 1.165) is 11.3 Å². The van der Waals surface area contributed by atoms with Crippen molar-refractivity contribution in [2.45, 2.75) is 31.6 Å². The van der Waals surface area contributed by atoms with E-state index in [1.54, 1.807) is 32.2 Å². The molecule has 1 aliphatic carbocycles. The summed E-state index contributed by atoms with van der Waals surface area (Å²) in [5, 5.41) is 3.24. The van der Waals surface area contributed by atoms with E-state index in [1.807, 2.05) is 24.3 Å². The summed E-state index contributed by atoms with van der Waals surface area (Å²) in [6, 6.07) is 13.9. The Bertz CT molecular complexity index is 1120. The highest BCUT2D eigenvalue weighted by atomic mass is 19.1. The van der Waals surface area contributed by atoms with Gasteiger partial charge in [-0.25, -0.2) is 9.18 Å². The van der Waals surface area contributed by atoms with E-state index in [2.05, 4.69) is 5.32 Å². The molecule has 2 aliphatic rings. The first-order valence-electron chi connectivity index (χ1n) is 10.2. The predicted molar refractivity (Wildman–Crippen MR) is 114 cm³/mol.